The number of carbonyl (C=O) groups excluding carboxylic acids is 2. The predicted octanol–water partition coefficient (Wildman–Crippen LogP) is 4.67. The lowest BCUT2D eigenvalue weighted by Gasteiger charge is -2.38. The van der Waals surface area contributed by atoms with Gasteiger partial charge in [0.2, 0.25) is 11.8 Å². The van der Waals surface area contributed by atoms with Gasteiger partial charge < -0.3 is 19.9 Å². The molecule has 0 aromatic heterocycles. The Labute approximate surface area is 207 Å². The Morgan fingerprint density at radius 2 is 1.80 bits per heavy atom. The first-order chi connectivity index (χ1) is 17.0. The number of likely N-dealkylation sites (N-methyl/N-ethyl adjacent to an activating group) is 1. The highest BCUT2D eigenvalue weighted by Crippen LogP contribution is 2.36. The fourth-order valence-electron chi connectivity index (χ4n) is 5.31. The third kappa shape index (κ3) is 5.84. The van der Waals surface area contributed by atoms with Gasteiger partial charge in [0.15, 0.2) is 0 Å². The van der Waals surface area contributed by atoms with Crippen LogP contribution >= 0.6 is 0 Å². The van der Waals surface area contributed by atoms with E-state index in [1.165, 1.54) is 6.07 Å². The summed E-state index contributed by atoms with van der Waals surface area (Å²) in [5.41, 5.74) is 2.06. The van der Waals surface area contributed by atoms with Crippen molar-refractivity contribution in [3.8, 4) is 0 Å². The Balaban J connectivity index is 1.43. The van der Waals surface area contributed by atoms with Crippen molar-refractivity contribution < 1.29 is 18.7 Å². The van der Waals surface area contributed by atoms with Crippen LogP contribution < -0.4 is 10.2 Å². The normalized spacial score (nSPS) is 19.4. The van der Waals surface area contributed by atoms with Crippen LogP contribution in [0.2, 0.25) is 0 Å². The molecule has 2 aromatic carbocycles. The number of anilines is 2. The fraction of sp³-hybridized carbons (Fsp3) is 0.500. The van der Waals surface area contributed by atoms with Crippen LogP contribution in [-0.2, 0) is 14.3 Å². The zero-order valence-electron chi connectivity index (χ0n) is 20.7. The Morgan fingerprint density at radius 1 is 1.09 bits per heavy atom. The summed E-state index contributed by atoms with van der Waals surface area (Å²) in [6.07, 6.45) is 2.32. The molecule has 7 heteroatoms. The van der Waals surface area contributed by atoms with E-state index in [-0.39, 0.29) is 35.4 Å². The number of amides is 2. The summed E-state index contributed by atoms with van der Waals surface area (Å²) in [6.45, 7) is 7.79. The second kappa shape index (κ2) is 11.7. The van der Waals surface area contributed by atoms with Crippen molar-refractivity contribution >= 4 is 23.2 Å². The molecule has 0 radical (unpaired) electrons. The van der Waals surface area contributed by atoms with Crippen molar-refractivity contribution in [3.05, 3.63) is 59.9 Å². The van der Waals surface area contributed by atoms with E-state index in [1.807, 2.05) is 54.0 Å². The molecule has 2 aliphatic heterocycles. The van der Waals surface area contributed by atoms with Crippen molar-refractivity contribution in [1.82, 2.24) is 4.90 Å². The maximum absolute atomic E-state index is 15.0. The largest absolute Gasteiger partial charge is 0.381 e. The maximum Gasteiger partial charge on any atom is 0.230 e. The van der Waals surface area contributed by atoms with Crippen LogP contribution in [0.15, 0.2) is 48.5 Å². The molecule has 0 saturated carbocycles. The molecule has 0 bridgehead atoms. The third-order valence-corrected chi connectivity index (χ3v) is 7.37. The number of halogens is 1. The van der Waals surface area contributed by atoms with Gasteiger partial charge in [-0.3, -0.25) is 9.59 Å². The molecule has 2 amide bonds. The van der Waals surface area contributed by atoms with E-state index >= 15 is 4.39 Å². The molecule has 35 heavy (non-hydrogen) atoms. The van der Waals surface area contributed by atoms with E-state index in [1.54, 1.807) is 12.1 Å². The quantitative estimate of drug-likeness (QED) is 0.595. The zero-order chi connectivity index (χ0) is 24.8. The number of carbonyl (C=O) groups is 2. The van der Waals surface area contributed by atoms with E-state index in [9.17, 15) is 9.59 Å². The van der Waals surface area contributed by atoms with Crippen LogP contribution in [0.5, 0.6) is 0 Å². The van der Waals surface area contributed by atoms with Gasteiger partial charge in [0.05, 0.1) is 24.1 Å². The molecule has 1 unspecified atom stereocenters. The molecule has 4 rings (SSSR count). The van der Waals surface area contributed by atoms with Gasteiger partial charge >= 0.3 is 0 Å². The van der Waals surface area contributed by atoms with Crippen molar-refractivity contribution in [2.45, 2.75) is 39.0 Å². The van der Waals surface area contributed by atoms with Crippen LogP contribution in [0.1, 0.15) is 44.6 Å². The van der Waals surface area contributed by atoms with E-state index in [0.717, 1.165) is 18.4 Å². The maximum atomic E-state index is 15.0. The lowest BCUT2D eigenvalue weighted by molar-refractivity contribution is -0.134. The fourth-order valence-corrected chi connectivity index (χ4v) is 5.31. The lowest BCUT2D eigenvalue weighted by atomic mass is 9.79. The van der Waals surface area contributed by atoms with Gasteiger partial charge in [-0.2, -0.15) is 0 Å². The summed E-state index contributed by atoms with van der Waals surface area (Å²) >= 11 is 0. The van der Waals surface area contributed by atoms with Crippen molar-refractivity contribution in [1.29, 1.82) is 0 Å². The summed E-state index contributed by atoms with van der Waals surface area (Å²) in [4.78, 5) is 29.7. The first kappa shape index (κ1) is 25.2. The van der Waals surface area contributed by atoms with Crippen LogP contribution in [0.25, 0.3) is 0 Å². The van der Waals surface area contributed by atoms with Gasteiger partial charge in [0.25, 0.3) is 0 Å². The highest BCUT2D eigenvalue weighted by Gasteiger charge is 2.35. The van der Waals surface area contributed by atoms with E-state index in [0.29, 0.717) is 57.2 Å². The monoisotopic (exact) mass is 481 g/mol. The molecule has 2 fully saturated rings. The third-order valence-electron chi connectivity index (χ3n) is 7.37. The van der Waals surface area contributed by atoms with Gasteiger partial charge in [-0.15, -0.1) is 0 Å². The van der Waals surface area contributed by atoms with Crippen molar-refractivity contribution in [3.63, 3.8) is 0 Å². The standard InChI is InChI=1S/C28H36FN3O3/c1-3-31(4-2)28(34)26(20-8-6-5-7-9-20)21-12-15-32(16-13-21)25-11-10-23(18-24(25)29)30-27(33)22-14-17-35-19-22/h5-11,18,21-22,26H,3-4,12-17,19H2,1-2H3,(H,30,33)/t22-,26?/m0/s1. The SMILES string of the molecule is CCN(CC)C(=O)C(c1ccccc1)C1CCN(c2ccc(NC(=O)[C@H]3CCOC3)cc2F)CC1. The van der Waals surface area contributed by atoms with Crippen LogP contribution in [0.4, 0.5) is 15.8 Å². The Kier molecular flexibility index (Phi) is 8.39. The van der Waals surface area contributed by atoms with E-state index < -0.39 is 0 Å². The number of hydrogen-bond donors (Lipinski definition) is 1. The minimum absolute atomic E-state index is 0.125. The number of ether oxygens (including phenoxy) is 1. The Bertz CT molecular complexity index is 998. The van der Waals surface area contributed by atoms with Gasteiger partial charge in [-0.05, 0) is 62.8 Å². The van der Waals surface area contributed by atoms with Crippen molar-refractivity contribution in [2.24, 2.45) is 11.8 Å². The van der Waals surface area contributed by atoms with Crippen LogP contribution in [0, 0.1) is 17.7 Å². The molecule has 2 aromatic rings. The molecule has 188 valence electrons. The Morgan fingerprint density at radius 3 is 2.40 bits per heavy atom. The first-order valence-corrected chi connectivity index (χ1v) is 12.8. The minimum Gasteiger partial charge on any atom is -0.381 e. The van der Waals surface area contributed by atoms with Crippen LogP contribution in [-0.4, -0.2) is 56.1 Å². The van der Waals surface area contributed by atoms with Crippen molar-refractivity contribution in [2.75, 3.05) is 49.6 Å². The highest BCUT2D eigenvalue weighted by atomic mass is 19.1. The number of nitrogens with zero attached hydrogens (tertiary/aromatic N) is 2. The number of benzene rings is 2. The number of nitrogens with one attached hydrogen (secondary N) is 1. The number of hydrogen-bond acceptors (Lipinski definition) is 4. The average molecular weight is 482 g/mol. The molecule has 2 saturated heterocycles. The minimum atomic E-state index is -0.345. The van der Waals surface area contributed by atoms with Gasteiger partial charge in [-0.25, -0.2) is 4.39 Å². The van der Waals surface area contributed by atoms with Gasteiger partial charge in [-0.1, -0.05) is 30.3 Å². The summed E-state index contributed by atoms with van der Waals surface area (Å²) < 4.78 is 20.3. The highest BCUT2D eigenvalue weighted by molar-refractivity contribution is 5.93. The first-order valence-electron chi connectivity index (χ1n) is 12.8. The topological polar surface area (TPSA) is 61.9 Å². The molecule has 0 spiro atoms. The second-order valence-corrected chi connectivity index (χ2v) is 9.44. The summed E-state index contributed by atoms with van der Waals surface area (Å²) in [7, 11) is 0. The summed E-state index contributed by atoms with van der Waals surface area (Å²) in [6, 6.07) is 14.9. The number of rotatable bonds is 8. The van der Waals surface area contributed by atoms with Crippen LogP contribution in [0.3, 0.4) is 0 Å². The zero-order valence-corrected chi connectivity index (χ0v) is 20.7. The van der Waals surface area contributed by atoms with Gasteiger partial charge in [0, 0.05) is 38.5 Å². The molecule has 6 nitrogen and oxygen atoms in total. The molecule has 2 aliphatic rings. The molecular weight excluding hydrogens is 445 g/mol. The molecule has 2 atom stereocenters. The summed E-state index contributed by atoms with van der Waals surface area (Å²) in [5.74, 6) is -0.438. The molecule has 2 heterocycles. The van der Waals surface area contributed by atoms with Gasteiger partial charge in [0.1, 0.15) is 5.82 Å². The Hall–Kier alpha value is -2.93. The van der Waals surface area contributed by atoms with E-state index in [2.05, 4.69) is 5.32 Å². The molecule has 1 N–H and O–H groups in total. The number of piperidine rings is 1. The predicted molar refractivity (Wildman–Crippen MR) is 136 cm³/mol. The summed E-state index contributed by atoms with van der Waals surface area (Å²) in [5, 5.41) is 2.81. The smallest absolute Gasteiger partial charge is 0.230 e. The van der Waals surface area contributed by atoms with E-state index in [4.69, 9.17) is 4.74 Å². The average Bonchev–Trinajstić information content (AvgIpc) is 3.42. The molecule has 0 aliphatic carbocycles. The molecular formula is C28H36FN3O3. The lowest BCUT2D eigenvalue weighted by Crippen LogP contribution is -2.42. The second-order valence-electron chi connectivity index (χ2n) is 9.44.